The molecule has 10 heteroatoms. The van der Waals surface area contributed by atoms with Crippen LogP contribution in [0.4, 0.5) is 0 Å². The quantitative estimate of drug-likeness (QED) is 0.383. The molecule has 5 rings (SSSR count). The van der Waals surface area contributed by atoms with E-state index in [9.17, 15) is 14.4 Å². The first-order chi connectivity index (χ1) is 19.7. The van der Waals surface area contributed by atoms with Crippen LogP contribution >= 0.6 is 11.3 Å². The average Bonchev–Trinajstić information content (AvgIpc) is 3.60. The van der Waals surface area contributed by atoms with E-state index in [4.69, 9.17) is 14.2 Å². The predicted octanol–water partition coefficient (Wildman–Crippen LogP) is 3.20. The van der Waals surface area contributed by atoms with Gasteiger partial charge in [-0.2, -0.15) is 0 Å². The minimum absolute atomic E-state index is 0.00312. The summed E-state index contributed by atoms with van der Waals surface area (Å²) >= 11 is 1.26. The zero-order chi connectivity index (χ0) is 29.1. The summed E-state index contributed by atoms with van der Waals surface area (Å²) in [7, 11) is 1.57. The minimum Gasteiger partial charge on any atom is -0.497 e. The van der Waals surface area contributed by atoms with Gasteiger partial charge in [-0.15, -0.1) is 0 Å². The van der Waals surface area contributed by atoms with Crippen LogP contribution in [0.5, 0.6) is 11.5 Å². The molecule has 1 aromatic heterocycles. The smallest absolute Gasteiger partial charge is 0.338 e. The third-order valence-electron chi connectivity index (χ3n) is 6.99. The molecule has 0 saturated carbocycles. The zero-order valence-corrected chi connectivity index (χ0v) is 24.4. The number of carbonyl (C=O) groups is 2. The number of aromatic nitrogens is 1. The first-order valence-corrected chi connectivity index (χ1v) is 14.4. The number of amides is 1. The van der Waals surface area contributed by atoms with Crippen LogP contribution < -0.4 is 24.4 Å². The maximum absolute atomic E-state index is 13.8. The van der Waals surface area contributed by atoms with Crippen molar-refractivity contribution in [2.24, 2.45) is 4.99 Å². The Labute approximate surface area is 242 Å². The zero-order valence-electron chi connectivity index (χ0n) is 23.6. The van der Waals surface area contributed by atoms with Crippen LogP contribution in [0.25, 0.3) is 6.08 Å². The number of carbonyl (C=O) groups excluding carboxylic acids is 2. The van der Waals surface area contributed by atoms with Gasteiger partial charge in [-0.3, -0.25) is 14.2 Å². The first kappa shape index (κ1) is 28.4. The molecular formula is C31H33N3O6S. The monoisotopic (exact) mass is 575 g/mol. The second kappa shape index (κ2) is 12.1. The highest BCUT2D eigenvalue weighted by atomic mass is 32.1. The molecule has 1 saturated heterocycles. The fraction of sp³-hybridized carbons (Fsp3) is 0.355. The van der Waals surface area contributed by atoms with Crippen LogP contribution in [-0.4, -0.2) is 54.3 Å². The Morgan fingerprint density at radius 2 is 1.83 bits per heavy atom. The molecule has 2 aliphatic rings. The number of allylic oxidation sites excluding steroid dienone is 1. The number of likely N-dealkylation sites (tertiary alicyclic amines) is 1. The highest BCUT2D eigenvalue weighted by Crippen LogP contribution is 2.32. The second-order valence-electron chi connectivity index (χ2n) is 10.3. The highest BCUT2D eigenvalue weighted by molar-refractivity contribution is 7.07. The lowest BCUT2D eigenvalue weighted by atomic mass is 9.95. The number of rotatable bonds is 8. The fourth-order valence-corrected chi connectivity index (χ4v) is 6.05. The van der Waals surface area contributed by atoms with Gasteiger partial charge >= 0.3 is 5.97 Å². The van der Waals surface area contributed by atoms with Crippen LogP contribution in [0.1, 0.15) is 50.8 Å². The van der Waals surface area contributed by atoms with Crippen LogP contribution in [-0.2, 0) is 14.3 Å². The van der Waals surface area contributed by atoms with E-state index in [1.807, 2.05) is 41.3 Å². The Kier molecular flexibility index (Phi) is 8.39. The molecule has 1 amide bonds. The molecule has 0 N–H and O–H groups in total. The molecule has 3 aromatic rings. The van der Waals surface area contributed by atoms with Gasteiger partial charge in [0.25, 0.3) is 11.5 Å². The second-order valence-corrected chi connectivity index (χ2v) is 11.3. The van der Waals surface area contributed by atoms with Gasteiger partial charge in [-0.25, -0.2) is 9.79 Å². The Morgan fingerprint density at radius 1 is 1.10 bits per heavy atom. The molecule has 2 aliphatic heterocycles. The summed E-state index contributed by atoms with van der Waals surface area (Å²) in [6.45, 7) is 6.90. The van der Waals surface area contributed by atoms with Crippen LogP contribution in [0.2, 0.25) is 0 Å². The van der Waals surface area contributed by atoms with Crippen LogP contribution in [0, 0.1) is 0 Å². The Hall–Kier alpha value is -4.18. The Balaban J connectivity index is 1.48. The normalized spacial score (nSPS) is 17.0. The van der Waals surface area contributed by atoms with Crippen molar-refractivity contribution >= 4 is 29.3 Å². The van der Waals surface area contributed by atoms with Gasteiger partial charge < -0.3 is 19.1 Å². The molecule has 0 aliphatic carbocycles. The molecule has 0 radical (unpaired) electrons. The van der Waals surface area contributed by atoms with Crippen LogP contribution in [0.15, 0.2) is 69.6 Å². The van der Waals surface area contributed by atoms with Crippen molar-refractivity contribution in [2.75, 3.05) is 26.8 Å². The van der Waals surface area contributed by atoms with E-state index in [1.165, 1.54) is 11.3 Å². The lowest BCUT2D eigenvalue weighted by Crippen LogP contribution is -2.40. The number of fused-ring (bicyclic) bond motifs is 1. The van der Waals surface area contributed by atoms with Crippen molar-refractivity contribution in [1.82, 2.24) is 9.47 Å². The number of benzene rings is 2. The van der Waals surface area contributed by atoms with E-state index in [1.54, 1.807) is 50.7 Å². The predicted molar refractivity (Wildman–Crippen MR) is 156 cm³/mol. The number of hydrogen-bond acceptors (Lipinski definition) is 8. The molecule has 1 fully saturated rings. The van der Waals surface area contributed by atoms with Crippen molar-refractivity contribution < 1.29 is 23.8 Å². The Bertz CT molecular complexity index is 1660. The summed E-state index contributed by atoms with van der Waals surface area (Å²) in [5, 5.41) is 0. The maximum Gasteiger partial charge on any atom is 0.338 e. The summed E-state index contributed by atoms with van der Waals surface area (Å²) in [5.41, 5.74) is 2.06. The van der Waals surface area contributed by atoms with Gasteiger partial charge in [0, 0.05) is 13.1 Å². The van der Waals surface area contributed by atoms with Crippen LogP contribution in [0.3, 0.4) is 0 Å². The fourth-order valence-electron chi connectivity index (χ4n) is 5.00. The van der Waals surface area contributed by atoms with Gasteiger partial charge in [-0.1, -0.05) is 35.6 Å². The SMILES string of the molecule is COc1cccc([C@H]2C(C(=O)OC(C)C)=C(C)N=c3s/c(=C\c4ccc(OCC(=O)N5CCCC5)cc4)c(=O)n32)c1. The topological polar surface area (TPSA) is 99.4 Å². The molecule has 1 atom stereocenters. The van der Waals surface area contributed by atoms with Crippen molar-refractivity contribution in [2.45, 2.75) is 45.8 Å². The van der Waals surface area contributed by atoms with Gasteiger partial charge in [0.15, 0.2) is 11.4 Å². The maximum atomic E-state index is 13.8. The number of esters is 1. The van der Waals surface area contributed by atoms with E-state index in [-0.39, 0.29) is 24.2 Å². The number of hydrogen-bond donors (Lipinski definition) is 0. The summed E-state index contributed by atoms with van der Waals surface area (Å²) in [4.78, 5) is 46.3. The summed E-state index contributed by atoms with van der Waals surface area (Å²) in [6, 6.07) is 13.8. The lowest BCUT2D eigenvalue weighted by molar-refractivity contribution is -0.143. The molecule has 9 nitrogen and oxygen atoms in total. The van der Waals surface area contributed by atoms with Gasteiger partial charge in [0.05, 0.1) is 35.1 Å². The molecule has 214 valence electrons. The minimum atomic E-state index is -0.723. The molecule has 3 heterocycles. The number of ether oxygens (including phenoxy) is 3. The van der Waals surface area contributed by atoms with Gasteiger partial charge in [0.1, 0.15) is 11.5 Å². The third kappa shape index (κ3) is 6.12. The molecule has 41 heavy (non-hydrogen) atoms. The number of thiazole rings is 1. The van der Waals surface area contributed by atoms with E-state index in [2.05, 4.69) is 4.99 Å². The molecule has 0 unspecified atom stereocenters. The first-order valence-electron chi connectivity index (χ1n) is 13.6. The summed E-state index contributed by atoms with van der Waals surface area (Å²) in [5.74, 6) is 0.672. The molecular weight excluding hydrogens is 542 g/mol. The summed E-state index contributed by atoms with van der Waals surface area (Å²) in [6.07, 6.45) is 3.53. The van der Waals surface area contributed by atoms with Crippen molar-refractivity contribution in [3.05, 3.63) is 90.6 Å². The molecule has 0 spiro atoms. The number of methoxy groups -OCH3 is 1. The largest absolute Gasteiger partial charge is 0.497 e. The van der Waals surface area contributed by atoms with Crippen molar-refractivity contribution in [3.63, 3.8) is 0 Å². The third-order valence-corrected chi connectivity index (χ3v) is 7.98. The Morgan fingerprint density at radius 3 is 2.51 bits per heavy atom. The molecule has 2 aromatic carbocycles. The van der Waals surface area contributed by atoms with E-state index in [0.29, 0.717) is 37.7 Å². The molecule has 0 bridgehead atoms. The average molecular weight is 576 g/mol. The lowest BCUT2D eigenvalue weighted by Gasteiger charge is -2.25. The van der Waals surface area contributed by atoms with E-state index in [0.717, 1.165) is 31.5 Å². The van der Waals surface area contributed by atoms with Crippen molar-refractivity contribution in [3.8, 4) is 11.5 Å². The van der Waals surface area contributed by atoms with Gasteiger partial charge in [0.2, 0.25) is 0 Å². The van der Waals surface area contributed by atoms with Gasteiger partial charge in [-0.05, 0) is 75.1 Å². The highest BCUT2D eigenvalue weighted by Gasteiger charge is 2.34. The van der Waals surface area contributed by atoms with E-state index >= 15 is 0 Å². The number of nitrogens with zero attached hydrogens (tertiary/aromatic N) is 3. The van der Waals surface area contributed by atoms with E-state index < -0.39 is 12.0 Å². The summed E-state index contributed by atoms with van der Waals surface area (Å²) < 4.78 is 18.7. The van der Waals surface area contributed by atoms with Crippen molar-refractivity contribution in [1.29, 1.82) is 0 Å². The standard InChI is InChI=1S/C31H33N3O6S/c1-19(2)40-30(37)27-20(3)32-31-34(28(27)22-8-7-9-24(17-22)38-4)29(36)25(41-31)16-21-10-12-23(13-11-21)39-18-26(35)33-14-5-6-15-33/h7-13,16-17,19,28H,5-6,14-15,18H2,1-4H3/b25-16-/t28-/m0/s1.